The smallest absolute Gasteiger partial charge is 0.191 e. The lowest BCUT2D eigenvalue weighted by Gasteiger charge is -2.11. The molecule has 0 aromatic carbocycles. The van der Waals surface area contributed by atoms with Crippen molar-refractivity contribution in [1.29, 1.82) is 0 Å². The number of rotatable bonds is 5. The van der Waals surface area contributed by atoms with Crippen LogP contribution in [0, 0.1) is 0 Å². The van der Waals surface area contributed by atoms with Gasteiger partial charge in [-0.05, 0) is 19.1 Å². The van der Waals surface area contributed by atoms with Crippen molar-refractivity contribution in [2.45, 2.75) is 20.0 Å². The van der Waals surface area contributed by atoms with E-state index in [2.05, 4.69) is 25.8 Å². The van der Waals surface area contributed by atoms with E-state index in [4.69, 9.17) is 23.2 Å². The number of hydrogen-bond donors (Lipinski definition) is 3. The maximum atomic E-state index is 6.05. The highest BCUT2D eigenvalue weighted by Gasteiger charge is 2.09. The van der Waals surface area contributed by atoms with E-state index in [1.165, 1.54) is 0 Å². The lowest BCUT2D eigenvalue weighted by Crippen LogP contribution is -2.37. The van der Waals surface area contributed by atoms with Gasteiger partial charge in [-0.15, -0.1) is 24.0 Å². The van der Waals surface area contributed by atoms with E-state index in [-0.39, 0.29) is 24.0 Å². The number of hydrogen-bond acceptors (Lipinski definition) is 2. The molecule has 0 aliphatic heterocycles. The van der Waals surface area contributed by atoms with Crippen LogP contribution in [0.15, 0.2) is 23.3 Å². The molecule has 2 rings (SSSR count). The van der Waals surface area contributed by atoms with E-state index < -0.39 is 0 Å². The molecule has 2 aromatic heterocycles. The Bertz CT molecular complexity index is 608. The average molecular weight is 457 g/mol. The van der Waals surface area contributed by atoms with Crippen LogP contribution in [0.25, 0.3) is 0 Å². The van der Waals surface area contributed by atoms with Crippen molar-refractivity contribution in [2.24, 2.45) is 12.0 Å². The highest BCUT2D eigenvalue weighted by Crippen LogP contribution is 2.24. The van der Waals surface area contributed by atoms with E-state index >= 15 is 0 Å². The zero-order valence-electron chi connectivity index (χ0n) is 12.4. The predicted molar refractivity (Wildman–Crippen MR) is 101 cm³/mol. The maximum absolute atomic E-state index is 6.05. The van der Waals surface area contributed by atoms with Gasteiger partial charge in [-0.1, -0.05) is 23.2 Å². The number of nitrogens with one attached hydrogen (secondary N) is 3. The molecule has 0 unspecified atom stereocenters. The molecule has 0 saturated heterocycles. The van der Waals surface area contributed by atoms with Gasteiger partial charge >= 0.3 is 0 Å². The fourth-order valence-electron chi connectivity index (χ4n) is 1.81. The Morgan fingerprint density at radius 3 is 2.73 bits per heavy atom. The van der Waals surface area contributed by atoms with E-state index in [0.717, 1.165) is 23.9 Å². The normalized spacial score (nSPS) is 11.2. The van der Waals surface area contributed by atoms with Crippen LogP contribution >= 0.6 is 47.2 Å². The summed E-state index contributed by atoms with van der Waals surface area (Å²) in [7, 11) is 1.87. The quantitative estimate of drug-likeness (QED) is 0.368. The highest BCUT2D eigenvalue weighted by molar-refractivity contribution is 14.0. The molecule has 22 heavy (non-hydrogen) atoms. The fraction of sp³-hybridized carbons (Fsp3) is 0.385. The van der Waals surface area contributed by atoms with Crippen LogP contribution in [-0.4, -0.2) is 27.3 Å². The molecule has 2 aromatic rings. The van der Waals surface area contributed by atoms with Gasteiger partial charge in [-0.3, -0.25) is 5.10 Å². The molecule has 122 valence electrons. The highest BCUT2D eigenvalue weighted by atomic mass is 127. The molecule has 0 radical (unpaired) electrons. The molecule has 0 saturated carbocycles. The molecule has 0 atom stereocenters. The van der Waals surface area contributed by atoms with Crippen LogP contribution in [0.2, 0.25) is 10.2 Å². The standard InChI is InChI=1S/C13H18Cl2N6.HI/c1-3-16-13(17-7-9-4-5-19-20-9)18-8-10-6-11(14)12(15)21(10)2;/h4-6H,3,7-8H2,1-2H3,(H,19,20)(H2,16,17,18);1H. The SMILES string of the molecule is CCNC(=NCc1ccn[nH]1)NCc1cc(Cl)c(Cl)n1C.I. The first-order valence-corrected chi connectivity index (χ1v) is 7.37. The van der Waals surface area contributed by atoms with E-state index in [1.807, 2.05) is 30.7 Å². The number of H-pyrrole nitrogens is 1. The summed E-state index contributed by atoms with van der Waals surface area (Å²) in [6.07, 6.45) is 1.71. The van der Waals surface area contributed by atoms with Gasteiger partial charge in [0.05, 0.1) is 23.8 Å². The minimum absolute atomic E-state index is 0. The molecule has 9 heteroatoms. The van der Waals surface area contributed by atoms with E-state index in [0.29, 0.717) is 23.3 Å². The lowest BCUT2D eigenvalue weighted by molar-refractivity contribution is 0.750. The summed E-state index contributed by atoms with van der Waals surface area (Å²) < 4.78 is 1.84. The van der Waals surface area contributed by atoms with Crippen molar-refractivity contribution in [3.05, 3.63) is 39.9 Å². The van der Waals surface area contributed by atoms with Gasteiger partial charge in [0, 0.05) is 25.5 Å². The number of aromatic amines is 1. The van der Waals surface area contributed by atoms with Gasteiger partial charge in [0.25, 0.3) is 0 Å². The van der Waals surface area contributed by atoms with Crippen molar-refractivity contribution < 1.29 is 0 Å². The monoisotopic (exact) mass is 456 g/mol. The summed E-state index contributed by atoms with van der Waals surface area (Å²) in [5.74, 6) is 0.723. The zero-order valence-corrected chi connectivity index (χ0v) is 16.2. The summed E-state index contributed by atoms with van der Waals surface area (Å²) in [5.41, 5.74) is 1.94. The Morgan fingerprint density at radius 2 is 2.18 bits per heavy atom. The van der Waals surface area contributed by atoms with Gasteiger partial charge in [-0.2, -0.15) is 5.10 Å². The van der Waals surface area contributed by atoms with Crippen molar-refractivity contribution in [3.8, 4) is 0 Å². The van der Waals surface area contributed by atoms with Gasteiger partial charge in [0.1, 0.15) is 5.15 Å². The van der Waals surface area contributed by atoms with E-state index in [1.54, 1.807) is 6.20 Å². The van der Waals surface area contributed by atoms with Gasteiger partial charge in [-0.25, -0.2) is 4.99 Å². The number of aromatic nitrogens is 3. The largest absolute Gasteiger partial charge is 0.357 e. The second-order valence-electron chi connectivity index (χ2n) is 4.46. The van der Waals surface area contributed by atoms with Crippen molar-refractivity contribution in [2.75, 3.05) is 6.54 Å². The molecule has 6 nitrogen and oxygen atoms in total. The minimum atomic E-state index is 0. The molecule has 0 aliphatic rings. The second-order valence-corrected chi connectivity index (χ2v) is 5.23. The van der Waals surface area contributed by atoms with Crippen LogP contribution in [0.5, 0.6) is 0 Å². The van der Waals surface area contributed by atoms with Gasteiger partial charge in [0.15, 0.2) is 5.96 Å². The minimum Gasteiger partial charge on any atom is -0.357 e. The lowest BCUT2D eigenvalue weighted by atomic mass is 10.4. The average Bonchev–Trinajstić information content (AvgIpc) is 3.07. The Hall–Kier alpha value is -0.930. The molecule has 0 fully saturated rings. The van der Waals surface area contributed by atoms with Crippen LogP contribution in [-0.2, 0) is 20.1 Å². The topological polar surface area (TPSA) is 70.0 Å². The number of aliphatic imine (C=N–C) groups is 1. The predicted octanol–water partition coefficient (Wildman–Crippen LogP) is 2.93. The second kappa shape index (κ2) is 9.26. The summed E-state index contributed by atoms with van der Waals surface area (Å²) in [6, 6.07) is 3.74. The molecule has 0 spiro atoms. The third-order valence-corrected chi connectivity index (χ3v) is 3.80. The Kier molecular flexibility index (Phi) is 8.05. The third-order valence-electron chi connectivity index (χ3n) is 2.96. The van der Waals surface area contributed by atoms with Crippen LogP contribution < -0.4 is 10.6 Å². The van der Waals surface area contributed by atoms with Gasteiger partial charge in [0.2, 0.25) is 0 Å². The zero-order chi connectivity index (χ0) is 15.2. The Morgan fingerprint density at radius 1 is 1.41 bits per heavy atom. The number of halogens is 3. The molecule has 2 heterocycles. The van der Waals surface area contributed by atoms with Crippen molar-refractivity contribution in [1.82, 2.24) is 25.4 Å². The molecule has 0 aliphatic carbocycles. The van der Waals surface area contributed by atoms with Crippen LogP contribution in [0.4, 0.5) is 0 Å². The first-order chi connectivity index (χ1) is 10.1. The maximum Gasteiger partial charge on any atom is 0.191 e. The molecule has 3 N–H and O–H groups in total. The molecule has 0 bridgehead atoms. The summed E-state index contributed by atoms with van der Waals surface area (Å²) >= 11 is 12.1. The summed E-state index contributed by atoms with van der Waals surface area (Å²) in [5, 5.41) is 14.3. The number of nitrogens with zero attached hydrogens (tertiary/aromatic N) is 3. The third kappa shape index (κ3) is 5.06. The van der Waals surface area contributed by atoms with Gasteiger partial charge < -0.3 is 15.2 Å². The Labute approximate surface area is 156 Å². The van der Waals surface area contributed by atoms with Crippen molar-refractivity contribution >= 4 is 53.1 Å². The van der Waals surface area contributed by atoms with Crippen LogP contribution in [0.3, 0.4) is 0 Å². The van der Waals surface area contributed by atoms with Crippen molar-refractivity contribution in [3.63, 3.8) is 0 Å². The number of guanidine groups is 1. The Balaban J connectivity index is 0.00000242. The first kappa shape index (κ1) is 19.1. The van der Waals surface area contributed by atoms with Crippen LogP contribution in [0.1, 0.15) is 18.3 Å². The van der Waals surface area contributed by atoms with E-state index in [9.17, 15) is 0 Å². The first-order valence-electron chi connectivity index (χ1n) is 6.61. The summed E-state index contributed by atoms with van der Waals surface area (Å²) in [6.45, 7) is 3.91. The summed E-state index contributed by atoms with van der Waals surface area (Å²) in [4.78, 5) is 4.48. The molecular weight excluding hydrogens is 438 g/mol. The fourth-order valence-corrected chi connectivity index (χ4v) is 2.23. The molecule has 0 amide bonds. The molecular formula is C13H19Cl2IN6.